The number of aromatic nitrogens is 2. The zero-order valence-electron chi connectivity index (χ0n) is 15.9. The quantitative estimate of drug-likeness (QED) is 0.467. The lowest BCUT2D eigenvalue weighted by atomic mass is 10.0. The Bertz CT molecular complexity index is 1100. The average Bonchev–Trinajstić information content (AvgIpc) is 3.33. The molecule has 148 valence electrons. The molecule has 0 unspecified atom stereocenters. The summed E-state index contributed by atoms with van der Waals surface area (Å²) >= 11 is 5.82. The van der Waals surface area contributed by atoms with Gasteiger partial charge in [0.2, 0.25) is 0 Å². The van der Waals surface area contributed by atoms with Crippen molar-refractivity contribution in [2.45, 2.75) is 19.4 Å². The van der Waals surface area contributed by atoms with E-state index in [0.717, 1.165) is 33.8 Å². The molecule has 0 fully saturated rings. The maximum absolute atomic E-state index is 6.06. The monoisotopic (exact) mass is 409 g/mol. The summed E-state index contributed by atoms with van der Waals surface area (Å²) in [6.07, 6.45) is 1.36. The van der Waals surface area contributed by atoms with E-state index in [0.29, 0.717) is 36.2 Å². The van der Waals surface area contributed by atoms with Crippen LogP contribution in [0, 0.1) is 0 Å². The van der Waals surface area contributed by atoms with Gasteiger partial charge in [0, 0.05) is 26.0 Å². The Morgan fingerprint density at radius 1 is 0.966 bits per heavy atom. The molecule has 0 aliphatic heterocycles. The van der Waals surface area contributed by atoms with Gasteiger partial charge in [0.15, 0.2) is 11.0 Å². The Morgan fingerprint density at radius 3 is 2.38 bits per heavy atom. The summed E-state index contributed by atoms with van der Waals surface area (Å²) in [5.41, 5.74) is 10.6. The molecule has 4 rings (SSSR count). The molecule has 0 saturated carbocycles. The standard InChI is InChI=1S/C22H20ClN3O3/c1-27-13-16-6-8-19(22(24)25-16)20-12-17(26-29-20)10-14-2-4-15(5-3-14)11-18-7-9-21(23)28-18/h2-9,12H,10-11,13H2,1H3,(H2,24,25). The van der Waals surface area contributed by atoms with Gasteiger partial charge in [-0.3, -0.25) is 0 Å². The van der Waals surface area contributed by atoms with Gasteiger partial charge in [-0.15, -0.1) is 0 Å². The van der Waals surface area contributed by atoms with Gasteiger partial charge >= 0.3 is 0 Å². The van der Waals surface area contributed by atoms with E-state index < -0.39 is 0 Å². The van der Waals surface area contributed by atoms with Crippen LogP contribution in [0.1, 0.15) is 28.3 Å². The Hall–Kier alpha value is -3.09. The second-order valence-electron chi connectivity index (χ2n) is 6.73. The van der Waals surface area contributed by atoms with E-state index in [1.165, 1.54) is 0 Å². The van der Waals surface area contributed by atoms with Crippen molar-refractivity contribution in [3.8, 4) is 11.3 Å². The van der Waals surface area contributed by atoms with Gasteiger partial charge in [0.1, 0.15) is 11.6 Å². The average molecular weight is 410 g/mol. The first-order chi connectivity index (χ1) is 14.1. The van der Waals surface area contributed by atoms with E-state index in [2.05, 4.69) is 34.4 Å². The molecular weight excluding hydrogens is 390 g/mol. The van der Waals surface area contributed by atoms with Gasteiger partial charge in [0.25, 0.3) is 0 Å². The van der Waals surface area contributed by atoms with Crippen molar-refractivity contribution in [3.05, 3.63) is 88.1 Å². The summed E-state index contributed by atoms with van der Waals surface area (Å²) in [6.45, 7) is 0.412. The minimum Gasteiger partial charge on any atom is -0.449 e. The summed E-state index contributed by atoms with van der Waals surface area (Å²) in [7, 11) is 1.62. The molecule has 4 aromatic rings. The van der Waals surface area contributed by atoms with Crippen LogP contribution in [0.3, 0.4) is 0 Å². The number of rotatable bonds is 7. The normalized spacial score (nSPS) is 11.1. The number of nitrogen functional groups attached to an aromatic ring is 1. The van der Waals surface area contributed by atoms with Crippen LogP contribution in [0.4, 0.5) is 5.82 Å². The van der Waals surface area contributed by atoms with Crippen LogP contribution in [-0.2, 0) is 24.2 Å². The molecule has 0 atom stereocenters. The minimum absolute atomic E-state index is 0.393. The van der Waals surface area contributed by atoms with E-state index >= 15 is 0 Å². The summed E-state index contributed by atoms with van der Waals surface area (Å²) in [5.74, 6) is 1.83. The number of nitrogens with zero attached hydrogens (tertiary/aromatic N) is 2. The van der Waals surface area contributed by atoms with Gasteiger partial charge in [-0.25, -0.2) is 4.98 Å². The molecule has 0 bridgehead atoms. The predicted octanol–water partition coefficient (Wildman–Crippen LogP) is 4.89. The lowest BCUT2D eigenvalue weighted by molar-refractivity contribution is 0.181. The van der Waals surface area contributed by atoms with Crippen LogP contribution >= 0.6 is 11.6 Å². The van der Waals surface area contributed by atoms with Gasteiger partial charge in [-0.2, -0.15) is 0 Å². The van der Waals surface area contributed by atoms with Crippen molar-refractivity contribution in [2.75, 3.05) is 12.8 Å². The number of hydrogen-bond acceptors (Lipinski definition) is 6. The number of nitrogens with two attached hydrogens (primary N) is 1. The molecule has 0 aliphatic carbocycles. The number of hydrogen-bond donors (Lipinski definition) is 1. The Kier molecular flexibility index (Phi) is 5.64. The number of anilines is 1. The SMILES string of the molecule is COCc1ccc(-c2cc(Cc3ccc(Cc4ccc(Cl)o4)cc3)no2)c(N)n1. The zero-order valence-corrected chi connectivity index (χ0v) is 16.6. The van der Waals surface area contributed by atoms with E-state index in [4.69, 9.17) is 31.0 Å². The summed E-state index contributed by atoms with van der Waals surface area (Å²) in [5, 5.41) is 4.57. The maximum Gasteiger partial charge on any atom is 0.193 e. The summed E-state index contributed by atoms with van der Waals surface area (Å²) in [6, 6.07) is 17.6. The lowest BCUT2D eigenvalue weighted by Crippen LogP contribution is -1.99. The molecule has 0 aliphatic rings. The summed E-state index contributed by atoms with van der Waals surface area (Å²) < 4.78 is 16.0. The van der Waals surface area contributed by atoms with E-state index in [9.17, 15) is 0 Å². The van der Waals surface area contributed by atoms with Gasteiger partial charge in [0.05, 0.1) is 23.6 Å². The molecule has 0 amide bonds. The van der Waals surface area contributed by atoms with Crippen molar-refractivity contribution in [1.29, 1.82) is 0 Å². The van der Waals surface area contributed by atoms with Crippen LogP contribution in [0.5, 0.6) is 0 Å². The molecule has 1 aromatic carbocycles. The molecule has 0 spiro atoms. The molecule has 3 aromatic heterocycles. The van der Waals surface area contributed by atoms with Crippen molar-refractivity contribution in [2.24, 2.45) is 0 Å². The number of methoxy groups -OCH3 is 1. The highest BCUT2D eigenvalue weighted by molar-refractivity contribution is 6.28. The maximum atomic E-state index is 6.06. The van der Waals surface area contributed by atoms with Crippen molar-refractivity contribution >= 4 is 17.4 Å². The molecule has 2 N–H and O–H groups in total. The van der Waals surface area contributed by atoms with Crippen LogP contribution in [0.2, 0.25) is 5.22 Å². The second kappa shape index (κ2) is 8.51. The molecule has 29 heavy (non-hydrogen) atoms. The van der Waals surface area contributed by atoms with E-state index in [-0.39, 0.29) is 0 Å². The summed E-state index contributed by atoms with van der Waals surface area (Å²) in [4.78, 5) is 4.33. The van der Waals surface area contributed by atoms with Gasteiger partial charge in [-0.05, 0) is 47.0 Å². The number of furan rings is 1. The third-order valence-electron chi connectivity index (χ3n) is 4.51. The van der Waals surface area contributed by atoms with Crippen molar-refractivity contribution < 1.29 is 13.7 Å². The minimum atomic E-state index is 0.393. The third-order valence-corrected chi connectivity index (χ3v) is 4.72. The first kappa shape index (κ1) is 19.2. The first-order valence-corrected chi connectivity index (χ1v) is 9.51. The largest absolute Gasteiger partial charge is 0.449 e. The fourth-order valence-electron chi connectivity index (χ4n) is 3.11. The number of halogens is 1. The fourth-order valence-corrected chi connectivity index (χ4v) is 3.27. The first-order valence-electron chi connectivity index (χ1n) is 9.13. The molecule has 3 heterocycles. The smallest absolute Gasteiger partial charge is 0.193 e. The van der Waals surface area contributed by atoms with Crippen LogP contribution in [0.25, 0.3) is 11.3 Å². The van der Waals surface area contributed by atoms with Crippen LogP contribution in [-0.4, -0.2) is 17.3 Å². The van der Waals surface area contributed by atoms with E-state index in [1.54, 1.807) is 13.2 Å². The topological polar surface area (TPSA) is 87.3 Å². The Labute approximate surface area is 173 Å². The molecule has 6 nitrogen and oxygen atoms in total. The lowest BCUT2D eigenvalue weighted by Gasteiger charge is -2.04. The Morgan fingerprint density at radius 2 is 1.72 bits per heavy atom. The highest BCUT2D eigenvalue weighted by atomic mass is 35.5. The van der Waals surface area contributed by atoms with E-state index in [1.807, 2.05) is 24.3 Å². The number of benzene rings is 1. The molecule has 0 saturated heterocycles. The van der Waals surface area contributed by atoms with Crippen LogP contribution in [0.15, 0.2) is 63.5 Å². The molecular formula is C22H20ClN3O3. The van der Waals surface area contributed by atoms with Crippen molar-refractivity contribution in [1.82, 2.24) is 10.1 Å². The fraction of sp³-hybridized carbons (Fsp3) is 0.182. The highest BCUT2D eigenvalue weighted by Gasteiger charge is 2.12. The van der Waals surface area contributed by atoms with Gasteiger partial charge < -0.3 is 19.4 Å². The zero-order chi connectivity index (χ0) is 20.2. The van der Waals surface area contributed by atoms with Crippen LogP contribution < -0.4 is 5.73 Å². The third kappa shape index (κ3) is 4.67. The Balaban J connectivity index is 1.44. The number of ether oxygens (including phenoxy) is 1. The van der Waals surface area contributed by atoms with Crippen molar-refractivity contribution in [3.63, 3.8) is 0 Å². The van der Waals surface area contributed by atoms with Gasteiger partial charge in [-0.1, -0.05) is 29.4 Å². The highest BCUT2D eigenvalue weighted by Crippen LogP contribution is 2.26. The predicted molar refractivity (Wildman–Crippen MR) is 111 cm³/mol. The second-order valence-corrected chi connectivity index (χ2v) is 7.10. The molecule has 0 radical (unpaired) electrons. The number of pyridine rings is 1. The molecule has 7 heteroatoms.